The van der Waals surface area contributed by atoms with Crippen molar-refractivity contribution in [3.63, 3.8) is 0 Å². The fourth-order valence-corrected chi connectivity index (χ4v) is 3.15. The Hall–Kier alpha value is -0.580. The monoisotopic (exact) mass is 330 g/mol. The first-order valence-corrected chi connectivity index (χ1v) is 7.14. The molecule has 1 fully saturated rings. The smallest absolute Gasteiger partial charge is 0.255 e. The topological polar surface area (TPSA) is 46.3 Å². The molecule has 3 nitrogen and oxygen atoms in total. The molecular formula is C13H16BrClN2O. The number of likely N-dealkylation sites (tertiary alicyclic amines) is 1. The molecule has 1 saturated heterocycles. The fourth-order valence-electron chi connectivity index (χ4n) is 2.40. The van der Waals surface area contributed by atoms with Gasteiger partial charge < -0.3 is 10.6 Å². The van der Waals surface area contributed by atoms with Crippen LogP contribution in [-0.4, -0.2) is 29.9 Å². The van der Waals surface area contributed by atoms with Gasteiger partial charge in [0, 0.05) is 23.6 Å². The number of halogens is 2. The highest BCUT2D eigenvalue weighted by atomic mass is 79.9. The maximum absolute atomic E-state index is 12.4. The van der Waals surface area contributed by atoms with E-state index in [0.717, 1.165) is 17.4 Å². The fraction of sp³-hybridized carbons (Fsp3) is 0.462. The van der Waals surface area contributed by atoms with E-state index >= 15 is 0 Å². The van der Waals surface area contributed by atoms with Gasteiger partial charge in [0.1, 0.15) is 0 Å². The molecule has 0 aromatic heterocycles. The zero-order chi connectivity index (χ0) is 13.3. The number of piperidine rings is 1. The van der Waals surface area contributed by atoms with Crippen LogP contribution in [0.2, 0.25) is 5.02 Å². The number of hydrogen-bond donors (Lipinski definition) is 1. The number of carbonyl (C=O) groups is 1. The predicted octanol–water partition coefficient (Wildman–Crippen LogP) is 2.91. The summed E-state index contributed by atoms with van der Waals surface area (Å²) in [7, 11) is 0. The van der Waals surface area contributed by atoms with E-state index in [1.54, 1.807) is 17.0 Å². The Bertz CT molecular complexity index is 456. The summed E-state index contributed by atoms with van der Waals surface area (Å²) >= 11 is 9.44. The Balaban J connectivity index is 2.20. The molecule has 0 aliphatic carbocycles. The molecule has 0 spiro atoms. The largest absolute Gasteiger partial charge is 0.337 e. The number of carbonyl (C=O) groups excluding carboxylic acids is 1. The number of hydrogen-bond acceptors (Lipinski definition) is 2. The number of nitrogens with zero attached hydrogens (tertiary/aromatic N) is 1. The molecule has 1 heterocycles. The van der Waals surface area contributed by atoms with E-state index in [1.807, 2.05) is 6.07 Å². The molecule has 1 aliphatic heterocycles. The van der Waals surface area contributed by atoms with Crippen LogP contribution in [0, 0.1) is 5.92 Å². The quantitative estimate of drug-likeness (QED) is 0.860. The summed E-state index contributed by atoms with van der Waals surface area (Å²) < 4.78 is 0.868. The summed E-state index contributed by atoms with van der Waals surface area (Å²) in [5.41, 5.74) is 6.50. The van der Waals surface area contributed by atoms with Gasteiger partial charge in [0.05, 0.1) is 10.6 Å². The van der Waals surface area contributed by atoms with Gasteiger partial charge in [-0.3, -0.25) is 4.79 Å². The van der Waals surface area contributed by atoms with Crippen molar-refractivity contribution in [3.05, 3.63) is 33.3 Å². The average Bonchev–Trinajstić information content (AvgIpc) is 2.26. The third-order valence-corrected chi connectivity index (χ3v) is 3.95. The first-order valence-electron chi connectivity index (χ1n) is 5.97. The van der Waals surface area contributed by atoms with Crippen molar-refractivity contribution in [2.24, 2.45) is 11.7 Å². The second kappa shape index (κ2) is 5.59. The van der Waals surface area contributed by atoms with Crippen molar-refractivity contribution < 1.29 is 4.79 Å². The summed E-state index contributed by atoms with van der Waals surface area (Å²) in [6.45, 7) is 3.47. The molecule has 2 unspecified atom stereocenters. The lowest BCUT2D eigenvalue weighted by molar-refractivity contribution is 0.0661. The van der Waals surface area contributed by atoms with E-state index in [1.165, 1.54) is 0 Å². The second-order valence-corrected chi connectivity index (χ2v) is 6.26. The summed E-state index contributed by atoms with van der Waals surface area (Å²) in [6.07, 6.45) is 0.970. The normalized spacial score (nSPS) is 24.1. The standard InChI is InChI=1S/C13H16BrClN2O/c1-8-4-10(16)7-17(6-8)13(18)11-3-2-9(14)5-12(11)15/h2-3,5,8,10H,4,6-7,16H2,1H3. The Morgan fingerprint density at radius 1 is 1.50 bits per heavy atom. The maximum atomic E-state index is 12.4. The number of nitrogens with two attached hydrogens (primary N) is 1. The highest BCUT2D eigenvalue weighted by molar-refractivity contribution is 9.10. The van der Waals surface area contributed by atoms with Gasteiger partial charge >= 0.3 is 0 Å². The molecule has 98 valence electrons. The van der Waals surface area contributed by atoms with E-state index in [-0.39, 0.29) is 11.9 Å². The minimum atomic E-state index is -0.0329. The molecule has 5 heteroatoms. The van der Waals surface area contributed by atoms with Gasteiger partial charge in [-0.1, -0.05) is 34.5 Å². The van der Waals surface area contributed by atoms with Crippen LogP contribution >= 0.6 is 27.5 Å². The van der Waals surface area contributed by atoms with Gasteiger partial charge in [-0.25, -0.2) is 0 Å². The molecule has 1 aromatic rings. The lowest BCUT2D eigenvalue weighted by Crippen LogP contribution is -2.48. The van der Waals surface area contributed by atoms with Crippen LogP contribution < -0.4 is 5.73 Å². The van der Waals surface area contributed by atoms with Crippen molar-refractivity contribution in [1.82, 2.24) is 4.90 Å². The van der Waals surface area contributed by atoms with Crippen molar-refractivity contribution in [3.8, 4) is 0 Å². The number of amides is 1. The van der Waals surface area contributed by atoms with E-state index in [9.17, 15) is 4.79 Å². The molecule has 0 radical (unpaired) electrons. The lowest BCUT2D eigenvalue weighted by atomic mass is 9.96. The van der Waals surface area contributed by atoms with Crippen LogP contribution in [0.3, 0.4) is 0 Å². The minimum Gasteiger partial charge on any atom is -0.337 e. The Morgan fingerprint density at radius 3 is 2.83 bits per heavy atom. The van der Waals surface area contributed by atoms with E-state index in [2.05, 4.69) is 22.9 Å². The van der Waals surface area contributed by atoms with Crippen molar-refractivity contribution in [1.29, 1.82) is 0 Å². The minimum absolute atomic E-state index is 0.0329. The highest BCUT2D eigenvalue weighted by Gasteiger charge is 2.27. The zero-order valence-corrected chi connectivity index (χ0v) is 12.5. The molecule has 2 atom stereocenters. The van der Waals surface area contributed by atoms with Gasteiger partial charge in [-0.15, -0.1) is 0 Å². The molecule has 0 bridgehead atoms. The number of rotatable bonds is 1. The van der Waals surface area contributed by atoms with Crippen LogP contribution in [0.15, 0.2) is 22.7 Å². The van der Waals surface area contributed by atoms with Gasteiger partial charge in [-0.2, -0.15) is 0 Å². The SMILES string of the molecule is CC1CC(N)CN(C(=O)c2ccc(Br)cc2Cl)C1. The van der Waals surface area contributed by atoms with Gasteiger partial charge in [0.15, 0.2) is 0 Å². The summed E-state index contributed by atoms with van der Waals surface area (Å²) in [4.78, 5) is 14.2. The Kier molecular flexibility index (Phi) is 4.30. The second-order valence-electron chi connectivity index (χ2n) is 4.94. The molecular weight excluding hydrogens is 316 g/mol. The molecule has 2 rings (SSSR count). The van der Waals surface area contributed by atoms with Gasteiger partial charge in [-0.05, 0) is 30.5 Å². The summed E-state index contributed by atoms with van der Waals surface area (Å²) in [5, 5.41) is 0.473. The van der Waals surface area contributed by atoms with Crippen LogP contribution in [0.25, 0.3) is 0 Å². The lowest BCUT2D eigenvalue weighted by Gasteiger charge is -2.35. The first kappa shape index (κ1) is 13.8. The van der Waals surface area contributed by atoms with Crippen LogP contribution in [0.1, 0.15) is 23.7 Å². The molecule has 18 heavy (non-hydrogen) atoms. The van der Waals surface area contributed by atoms with Gasteiger partial charge in [0.25, 0.3) is 5.91 Å². The van der Waals surface area contributed by atoms with E-state index in [4.69, 9.17) is 17.3 Å². The molecule has 1 aliphatic rings. The zero-order valence-electron chi connectivity index (χ0n) is 10.2. The van der Waals surface area contributed by atoms with Crippen molar-refractivity contribution in [2.75, 3.05) is 13.1 Å². The average molecular weight is 332 g/mol. The molecule has 0 saturated carbocycles. The van der Waals surface area contributed by atoms with E-state index in [0.29, 0.717) is 23.0 Å². The summed E-state index contributed by atoms with van der Waals surface area (Å²) in [6, 6.07) is 5.38. The van der Waals surface area contributed by atoms with E-state index < -0.39 is 0 Å². The number of benzene rings is 1. The van der Waals surface area contributed by atoms with Crippen LogP contribution in [0.4, 0.5) is 0 Å². The van der Waals surface area contributed by atoms with Gasteiger partial charge in [0.2, 0.25) is 0 Å². The van der Waals surface area contributed by atoms with Crippen LogP contribution in [0.5, 0.6) is 0 Å². The molecule has 1 aromatic carbocycles. The third kappa shape index (κ3) is 3.05. The Morgan fingerprint density at radius 2 is 2.22 bits per heavy atom. The van der Waals surface area contributed by atoms with Crippen molar-refractivity contribution >= 4 is 33.4 Å². The maximum Gasteiger partial charge on any atom is 0.255 e. The molecule has 2 N–H and O–H groups in total. The molecule has 1 amide bonds. The van der Waals surface area contributed by atoms with Crippen LogP contribution in [-0.2, 0) is 0 Å². The predicted molar refractivity (Wildman–Crippen MR) is 76.8 cm³/mol. The van der Waals surface area contributed by atoms with Crippen molar-refractivity contribution in [2.45, 2.75) is 19.4 Å². The summed E-state index contributed by atoms with van der Waals surface area (Å²) in [5.74, 6) is 0.404. The Labute approximate surface area is 120 Å². The first-order chi connectivity index (χ1) is 8.47. The highest BCUT2D eigenvalue weighted by Crippen LogP contribution is 2.24. The third-order valence-electron chi connectivity index (χ3n) is 3.14.